The second-order valence-corrected chi connectivity index (χ2v) is 6.16. The van der Waals surface area contributed by atoms with Crippen LogP contribution >= 0.6 is 11.8 Å². The Morgan fingerprint density at radius 3 is 2.83 bits per heavy atom. The van der Waals surface area contributed by atoms with Crippen molar-refractivity contribution in [1.82, 2.24) is 9.71 Å². The molecule has 1 aromatic heterocycles. The van der Waals surface area contributed by atoms with Crippen molar-refractivity contribution in [2.24, 2.45) is 0 Å². The van der Waals surface area contributed by atoms with E-state index in [1.807, 2.05) is 0 Å². The summed E-state index contributed by atoms with van der Waals surface area (Å²) in [6.07, 6.45) is 2.91. The van der Waals surface area contributed by atoms with Crippen LogP contribution in [-0.4, -0.2) is 20.4 Å². The first-order valence-electron chi connectivity index (χ1n) is 4.93. The molecule has 0 spiro atoms. The summed E-state index contributed by atoms with van der Waals surface area (Å²) in [6, 6.07) is 4.64. The molecular weight excluding hydrogens is 274 g/mol. The lowest BCUT2D eigenvalue weighted by Crippen LogP contribution is -2.19. The summed E-state index contributed by atoms with van der Waals surface area (Å²) >= 11 is 1.12. The van der Waals surface area contributed by atoms with Crippen LogP contribution in [0.2, 0.25) is 0 Å². The summed E-state index contributed by atoms with van der Waals surface area (Å²) in [4.78, 5) is 4.54. The highest BCUT2D eigenvalue weighted by Crippen LogP contribution is 2.32. The normalized spacial score (nSPS) is 11.6. The average Bonchev–Trinajstić information content (AvgIpc) is 2.84. The molecule has 0 unspecified atom stereocenters. The summed E-state index contributed by atoms with van der Waals surface area (Å²) in [6.45, 7) is 0. The van der Waals surface area contributed by atoms with Gasteiger partial charge in [-0.15, -0.1) is 0 Å². The van der Waals surface area contributed by atoms with Gasteiger partial charge in [-0.1, -0.05) is 0 Å². The molecule has 0 aliphatic heterocycles. The zero-order chi connectivity index (χ0) is 13.2. The van der Waals surface area contributed by atoms with Crippen LogP contribution in [0.1, 0.15) is 0 Å². The van der Waals surface area contributed by atoms with Gasteiger partial charge in [-0.25, -0.2) is 18.1 Å². The van der Waals surface area contributed by atoms with E-state index in [1.54, 1.807) is 12.1 Å². The quantitative estimate of drug-likeness (QED) is 0.822. The molecule has 0 fully saturated rings. The van der Waals surface area contributed by atoms with Crippen molar-refractivity contribution < 1.29 is 12.8 Å². The number of hydrogen-bond acceptors (Lipinski definition) is 6. The number of nitrogens with one attached hydrogen (secondary N) is 1. The van der Waals surface area contributed by atoms with Gasteiger partial charge in [0, 0.05) is 10.6 Å². The molecule has 18 heavy (non-hydrogen) atoms. The zero-order valence-corrected chi connectivity index (χ0v) is 11.1. The molecule has 0 saturated heterocycles. The zero-order valence-electron chi connectivity index (χ0n) is 9.45. The number of benzene rings is 1. The SMILES string of the molecule is CNS(=O)(=O)c1cc(N)ccc1Sc1ncco1. The van der Waals surface area contributed by atoms with Gasteiger partial charge in [0.15, 0.2) is 0 Å². The van der Waals surface area contributed by atoms with Crippen LogP contribution in [0.15, 0.2) is 50.1 Å². The van der Waals surface area contributed by atoms with Crippen molar-refractivity contribution in [2.75, 3.05) is 12.8 Å². The number of nitrogens with two attached hydrogens (primary N) is 1. The van der Waals surface area contributed by atoms with Crippen LogP contribution in [0.4, 0.5) is 5.69 Å². The van der Waals surface area contributed by atoms with E-state index in [1.165, 1.54) is 25.6 Å². The summed E-state index contributed by atoms with van der Waals surface area (Å²) in [5, 5.41) is 0.368. The van der Waals surface area contributed by atoms with Crippen LogP contribution in [0.5, 0.6) is 0 Å². The van der Waals surface area contributed by atoms with E-state index in [4.69, 9.17) is 10.2 Å². The molecule has 0 aliphatic carbocycles. The number of rotatable bonds is 4. The third-order valence-electron chi connectivity index (χ3n) is 2.13. The summed E-state index contributed by atoms with van der Waals surface area (Å²) < 4.78 is 31.1. The van der Waals surface area contributed by atoms with Crippen molar-refractivity contribution in [3.63, 3.8) is 0 Å². The van der Waals surface area contributed by atoms with Gasteiger partial charge in [-0.2, -0.15) is 0 Å². The number of hydrogen-bond donors (Lipinski definition) is 2. The fourth-order valence-electron chi connectivity index (χ4n) is 1.28. The number of anilines is 1. The minimum atomic E-state index is -3.57. The van der Waals surface area contributed by atoms with Gasteiger partial charge in [-0.05, 0) is 37.0 Å². The molecule has 6 nitrogen and oxygen atoms in total. The van der Waals surface area contributed by atoms with E-state index in [9.17, 15) is 8.42 Å². The highest BCUT2D eigenvalue weighted by molar-refractivity contribution is 8.00. The maximum Gasteiger partial charge on any atom is 0.260 e. The van der Waals surface area contributed by atoms with E-state index < -0.39 is 10.0 Å². The molecule has 0 atom stereocenters. The molecule has 0 amide bonds. The van der Waals surface area contributed by atoms with Crippen molar-refractivity contribution in [1.29, 1.82) is 0 Å². The van der Waals surface area contributed by atoms with Gasteiger partial charge in [0.1, 0.15) is 6.26 Å². The van der Waals surface area contributed by atoms with E-state index in [2.05, 4.69) is 9.71 Å². The van der Waals surface area contributed by atoms with Crippen LogP contribution in [0.25, 0.3) is 0 Å². The van der Waals surface area contributed by atoms with E-state index in [0.29, 0.717) is 15.8 Å². The molecule has 2 aromatic rings. The van der Waals surface area contributed by atoms with Gasteiger partial charge < -0.3 is 10.2 Å². The lowest BCUT2D eigenvalue weighted by atomic mass is 10.3. The molecule has 1 heterocycles. The Balaban J connectivity index is 2.47. The Kier molecular flexibility index (Phi) is 3.60. The molecule has 0 saturated carbocycles. The molecule has 1 aromatic carbocycles. The third-order valence-corrected chi connectivity index (χ3v) is 4.67. The van der Waals surface area contributed by atoms with E-state index >= 15 is 0 Å². The van der Waals surface area contributed by atoms with Crippen molar-refractivity contribution in [3.05, 3.63) is 30.7 Å². The Morgan fingerprint density at radius 1 is 1.44 bits per heavy atom. The molecule has 96 valence electrons. The minimum Gasteiger partial charge on any atom is -0.440 e. The molecule has 2 rings (SSSR count). The highest BCUT2D eigenvalue weighted by Gasteiger charge is 2.18. The summed E-state index contributed by atoms with van der Waals surface area (Å²) in [5.41, 5.74) is 5.99. The second-order valence-electron chi connectivity index (χ2n) is 3.31. The number of oxazole rings is 1. The lowest BCUT2D eigenvalue weighted by Gasteiger charge is -2.08. The monoisotopic (exact) mass is 285 g/mol. The molecule has 0 aliphatic rings. The Bertz CT molecular complexity index is 638. The van der Waals surface area contributed by atoms with Gasteiger partial charge >= 0.3 is 0 Å². The standard InChI is InChI=1S/C10H11N3O3S2/c1-12-18(14,15)9-6-7(11)2-3-8(9)17-10-13-4-5-16-10/h2-6,12H,11H2,1H3. The maximum atomic E-state index is 11.9. The first-order valence-corrected chi connectivity index (χ1v) is 7.23. The number of aromatic nitrogens is 1. The van der Waals surface area contributed by atoms with E-state index in [0.717, 1.165) is 11.8 Å². The maximum absolute atomic E-state index is 11.9. The largest absolute Gasteiger partial charge is 0.440 e. The average molecular weight is 285 g/mol. The van der Waals surface area contributed by atoms with Crippen molar-refractivity contribution >= 4 is 27.5 Å². The van der Waals surface area contributed by atoms with E-state index in [-0.39, 0.29) is 4.90 Å². The topological polar surface area (TPSA) is 98.2 Å². The summed E-state index contributed by atoms with van der Waals surface area (Å²) in [7, 11) is -2.23. The van der Waals surface area contributed by atoms with Crippen LogP contribution in [0.3, 0.4) is 0 Å². The molecular formula is C10H11N3O3S2. The molecule has 8 heteroatoms. The predicted octanol–water partition coefficient (Wildman–Crippen LogP) is 1.32. The van der Waals surface area contributed by atoms with Crippen LogP contribution in [-0.2, 0) is 10.0 Å². The first-order chi connectivity index (χ1) is 8.53. The van der Waals surface area contributed by atoms with Gasteiger partial charge in [0.05, 0.1) is 11.1 Å². The number of nitrogen functional groups attached to an aromatic ring is 1. The lowest BCUT2D eigenvalue weighted by molar-refractivity contribution is 0.454. The summed E-state index contributed by atoms with van der Waals surface area (Å²) in [5.74, 6) is 0. The number of sulfonamides is 1. The Hall–Kier alpha value is -1.51. The second kappa shape index (κ2) is 5.01. The molecule has 3 N–H and O–H groups in total. The van der Waals surface area contributed by atoms with Gasteiger partial charge in [-0.3, -0.25) is 0 Å². The van der Waals surface area contributed by atoms with Gasteiger partial charge in [0.2, 0.25) is 10.0 Å². The van der Waals surface area contributed by atoms with Crippen LogP contribution < -0.4 is 10.5 Å². The van der Waals surface area contributed by atoms with Crippen LogP contribution in [0, 0.1) is 0 Å². The Morgan fingerprint density at radius 2 is 2.22 bits per heavy atom. The molecule has 0 radical (unpaired) electrons. The fraction of sp³-hybridized carbons (Fsp3) is 0.100. The third kappa shape index (κ3) is 2.66. The highest BCUT2D eigenvalue weighted by atomic mass is 32.2. The van der Waals surface area contributed by atoms with Crippen molar-refractivity contribution in [3.8, 4) is 0 Å². The Labute approximate surface area is 109 Å². The minimum absolute atomic E-state index is 0.105. The van der Waals surface area contributed by atoms with Crippen molar-refractivity contribution in [2.45, 2.75) is 15.0 Å². The number of nitrogens with zero attached hydrogens (tertiary/aromatic N) is 1. The first kappa shape index (κ1) is 12.9. The smallest absolute Gasteiger partial charge is 0.260 e. The predicted molar refractivity (Wildman–Crippen MR) is 67.7 cm³/mol. The van der Waals surface area contributed by atoms with Gasteiger partial charge in [0.25, 0.3) is 5.22 Å². The fourth-order valence-corrected chi connectivity index (χ4v) is 3.28. The molecule has 0 bridgehead atoms.